The molecule has 0 aromatic rings. The molecular formula is C13H25NO2S. The maximum atomic E-state index is 11.7. The smallest absolute Gasteiger partial charge is 0.222 e. The fraction of sp³-hybridized carbons (Fsp3) is 0.923. The van der Waals surface area contributed by atoms with Gasteiger partial charge in [-0.25, -0.2) is 0 Å². The van der Waals surface area contributed by atoms with Crippen LogP contribution in [0.15, 0.2) is 0 Å². The zero-order valence-electron chi connectivity index (χ0n) is 11.2. The summed E-state index contributed by atoms with van der Waals surface area (Å²) >= 11 is 1.92. The summed E-state index contributed by atoms with van der Waals surface area (Å²) in [7, 11) is 0. The molecule has 0 bridgehead atoms. The lowest BCUT2D eigenvalue weighted by Crippen LogP contribution is -2.39. The van der Waals surface area contributed by atoms with Crippen LogP contribution in [0, 0.1) is 0 Å². The van der Waals surface area contributed by atoms with Crippen LogP contribution < -0.4 is 5.32 Å². The minimum Gasteiger partial charge on any atom is -0.378 e. The monoisotopic (exact) mass is 259 g/mol. The Morgan fingerprint density at radius 3 is 2.88 bits per heavy atom. The van der Waals surface area contributed by atoms with Crippen LogP contribution in [0.4, 0.5) is 0 Å². The zero-order valence-corrected chi connectivity index (χ0v) is 12.0. The summed E-state index contributed by atoms with van der Waals surface area (Å²) in [5.41, 5.74) is 0. The Hall–Kier alpha value is -0.220. The first-order valence-corrected chi connectivity index (χ1v) is 7.84. The molecule has 4 heteroatoms. The van der Waals surface area contributed by atoms with Crippen LogP contribution in [-0.2, 0) is 9.53 Å². The summed E-state index contributed by atoms with van der Waals surface area (Å²) in [6.07, 6.45) is 7.64. The van der Waals surface area contributed by atoms with Crippen LogP contribution in [0.25, 0.3) is 0 Å². The van der Waals surface area contributed by atoms with E-state index in [1.807, 2.05) is 25.6 Å². The van der Waals surface area contributed by atoms with Crippen molar-refractivity contribution < 1.29 is 9.53 Å². The van der Waals surface area contributed by atoms with Gasteiger partial charge in [0.15, 0.2) is 0 Å². The fourth-order valence-electron chi connectivity index (χ4n) is 2.18. The second kappa shape index (κ2) is 7.98. The first-order chi connectivity index (χ1) is 8.11. The molecule has 1 amide bonds. The number of rotatable bonds is 6. The van der Waals surface area contributed by atoms with Crippen molar-refractivity contribution in [2.45, 2.75) is 63.3 Å². The lowest BCUT2D eigenvalue weighted by atomic mass is 9.95. The Morgan fingerprint density at radius 2 is 2.24 bits per heavy atom. The molecule has 1 N–H and O–H groups in total. The van der Waals surface area contributed by atoms with Crippen molar-refractivity contribution in [2.24, 2.45) is 0 Å². The first-order valence-electron chi connectivity index (χ1n) is 6.55. The van der Waals surface area contributed by atoms with Crippen molar-refractivity contribution in [3.63, 3.8) is 0 Å². The van der Waals surface area contributed by atoms with Crippen LogP contribution in [0.1, 0.15) is 46.0 Å². The molecule has 0 unspecified atom stereocenters. The van der Waals surface area contributed by atoms with Gasteiger partial charge in [0.25, 0.3) is 0 Å². The number of thioether (sulfide) groups is 1. The van der Waals surface area contributed by atoms with Gasteiger partial charge in [-0.2, -0.15) is 11.8 Å². The highest BCUT2D eigenvalue weighted by molar-refractivity contribution is 7.99. The van der Waals surface area contributed by atoms with E-state index in [1.54, 1.807) is 0 Å². The van der Waals surface area contributed by atoms with Gasteiger partial charge in [0.05, 0.1) is 12.7 Å². The third-order valence-electron chi connectivity index (χ3n) is 3.10. The van der Waals surface area contributed by atoms with Crippen LogP contribution in [-0.4, -0.2) is 36.2 Å². The highest BCUT2D eigenvalue weighted by Crippen LogP contribution is 2.26. The Morgan fingerprint density at radius 1 is 1.47 bits per heavy atom. The number of amides is 1. The molecule has 1 saturated carbocycles. The molecule has 1 aliphatic rings. The van der Waals surface area contributed by atoms with Gasteiger partial charge in [-0.05, 0) is 39.4 Å². The number of ether oxygens (including phenoxy) is 1. The highest BCUT2D eigenvalue weighted by Gasteiger charge is 2.22. The summed E-state index contributed by atoms with van der Waals surface area (Å²) < 4.78 is 5.38. The van der Waals surface area contributed by atoms with Gasteiger partial charge in [0.2, 0.25) is 5.91 Å². The molecule has 17 heavy (non-hydrogen) atoms. The molecule has 2 atom stereocenters. The molecular weight excluding hydrogens is 234 g/mol. The molecule has 0 heterocycles. The largest absolute Gasteiger partial charge is 0.378 e. The number of nitrogens with one attached hydrogen (secondary N) is 1. The lowest BCUT2D eigenvalue weighted by Gasteiger charge is -2.28. The van der Waals surface area contributed by atoms with Crippen LogP contribution in [0.2, 0.25) is 0 Å². The quantitative estimate of drug-likeness (QED) is 0.797. The van der Waals surface area contributed by atoms with Gasteiger partial charge < -0.3 is 10.1 Å². The van der Waals surface area contributed by atoms with E-state index >= 15 is 0 Å². The second-order valence-electron chi connectivity index (χ2n) is 4.96. The molecule has 0 saturated heterocycles. The van der Waals surface area contributed by atoms with E-state index in [4.69, 9.17) is 4.74 Å². The van der Waals surface area contributed by atoms with E-state index < -0.39 is 0 Å². The molecule has 0 spiro atoms. The molecule has 100 valence electrons. The van der Waals surface area contributed by atoms with E-state index in [0.29, 0.717) is 19.1 Å². The predicted molar refractivity (Wildman–Crippen MR) is 73.4 cm³/mol. The van der Waals surface area contributed by atoms with E-state index in [0.717, 1.165) is 18.1 Å². The summed E-state index contributed by atoms with van der Waals surface area (Å²) in [4.78, 5) is 11.7. The van der Waals surface area contributed by atoms with Crippen molar-refractivity contribution in [3.05, 3.63) is 0 Å². The van der Waals surface area contributed by atoms with Crippen molar-refractivity contribution in [1.29, 1.82) is 0 Å². The molecule has 3 nitrogen and oxygen atoms in total. The van der Waals surface area contributed by atoms with E-state index in [9.17, 15) is 4.79 Å². The van der Waals surface area contributed by atoms with Crippen molar-refractivity contribution in [2.75, 3.05) is 12.9 Å². The minimum atomic E-state index is 0.136. The van der Waals surface area contributed by atoms with E-state index in [2.05, 4.69) is 11.6 Å². The van der Waals surface area contributed by atoms with Crippen LogP contribution >= 0.6 is 11.8 Å². The van der Waals surface area contributed by atoms with Gasteiger partial charge in [0.1, 0.15) is 0 Å². The van der Waals surface area contributed by atoms with Crippen molar-refractivity contribution in [3.8, 4) is 0 Å². The first kappa shape index (κ1) is 14.8. The van der Waals surface area contributed by atoms with Gasteiger partial charge in [0, 0.05) is 17.7 Å². The van der Waals surface area contributed by atoms with Crippen LogP contribution in [0.5, 0.6) is 0 Å². The molecule has 0 aromatic heterocycles. The average molecular weight is 259 g/mol. The Balaban J connectivity index is 2.17. The maximum Gasteiger partial charge on any atom is 0.222 e. The normalized spacial score (nSPS) is 24.9. The number of carbonyl (C=O) groups is 1. The predicted octanol–water partition coefficient (Wildman–Crippen LogP) is 2.59. The molecule has 1 fully saturated rings. The van der Waals surface area contributed by atoms with Gasteiger partial charge in [-0.3, -0.25) is 4.79 Å². The minimum absolute atomic E-state index is 0.136. The maximum absolute atomic E-state index is 11.7. The van der Waals surface area contributed by atoms with Crippen molar-refractivity contribution in [1.82, 2.24) is 5.32 Å². The fourth-order valence-corrected chi connectivity index (χ4v) is 3.00. The van der Waals surface area contributed by atoms with Crippen LogP contribution in [0.3, 0.4) is 0 Å². The van der Waals surface area contributed by atoms with Gasteiger partial charge >= 0.3 is 0 Å². The van der Waals surface area contributed by atoms with Gasteiger partial charge in [-0.1, -0.05) is 6.42 Å². The SMILES string of the molecule is CS[C@H]1CCC[C@H](NC(=O)CCOC(C)C)C1. The lowest BCUT2D eigenvalue weighted by molar-refractivity contribution is -0.123. The summed E-state index contributed by atoms with van der Waals surface area (Å²) in [6.45, 7) is 4.51. The zero-order chi connectivity index (χ0) is 12.7. The average Bonchev–Trinajstić information content (AvgIpc) is 2.28. The molecule has 0 aromatic carbocycles. The Bertz CT molecular complexity index is 233. The van der Waals surface area contributed by atoms with Crippen molar-refractivity contribution >= 4 is 17.7 Å². The molecule has 0 aliphatic heterocycles. The Kier molecular flexibility index (Phi) is 6.97. The molecule has 1 rings (SSSR count). The standard InChI is InChI=1S/C13H25NO2S/c1-10(2)16-8-7-13(15)14-11-5-4-6-12(9-11)17-3/h10-12H,4-9H2,1-3H3,(H,14,15)/t11-,12-/m0/s1. The summed E-state index contributed by atoms with van der Waals surface area (Å²) in [5.74, 6) is 0.136. The number of hydrogen-bond donors (Lipinski definition) is 1. The number of hydrogen-bond acceptors (Lipinski definition) is 3. The second-order valence-corrected chi connectivity index (χ2v) is 6.10. The van der Waals surface area contributed by atoms with E-state index in [-0.39, 0.29) is 12.0 Å². The molecule has 0 radical (unpaired) electrons. The third-order valence-corrected chi connectivity index (χ3v) is 4.20. The summed E-state index contributed by atoms with van der Waals surface area (Å²) in [6, 6.07) is 0.382. The highest BCUT2D eigenvalue weighted by atomic mass is 32.2. The topological polar surface area (TPSA) is 38.3 Å². The third kappa shape index (κ3) is 6.32. The van der Waals surface area contributed by atoms with E-state index in [1.165, 1.54) is 12.8 Å². The molecule has 1 aliphatic carbocycles. The Labute approximate surface area is 109 Å². The summed E-state index contributed by atoms with van der Waals surface area (Å²) in [5, 5.41) is 3.85. The number of carbonyl (C=O) groups excluding carboxylic acids is 1. The van der Waals surface area contributed by atoms with Gasteiger partial charge in [-0.15, -0.1) is 0 Å².